The van der Waals surface area contributed by atoms with Gasteiger partial charge in [-0.2, -0.15) is 0 Å². The Balaban J connectivity index is 1.79. The molecule has 118 valence electrons. The zero-order valence-electron chi connectivity index (χ0n) is 14.4. The lowest BCUT2D eigenvalue weighted by Crippen LogP contribution is -2.32. The second-order valence-electron chi connectivity index (χ2n) is 7.86. The zero-order valence-corrected chi connectivity index (χ0v) is 14.4. The summed E-state index contributed by atoms with van der Waals surface area (Å²) in [6, 6.07) is 11.4. The Labute approximate surface area is 131 Å². The van der Waals surface area contributed by atoms with E-state index in [-0.39, 0.29) is 0 Å². The van der Waals surface area contributed by atoms with Gasteiger partial charge < -0.3 is 5.32 Å². The van der Waals surface area contributed by atoms with Gasteiger partial charge in [0.05, 0.1) is 0 Å². The minimum Gasteiger partial charge on any atom is -0.310 e. The Morgan fingerprint density at radius 2 is 1.67 bits per heavy atom. The van der Waals surface area contributed by atoms with Crippen LogP contribution in [-0.2, 0) is 0 Å². The van der Waals surface area contributed by atoms with E-state index in [1.807, 2.05) is 0 Å². The highest BCUT2D eigenvalue weighted by atomic mass is 14.9. The Morgan fingerprint density at radius 1 is 1.05 bits per heavy atom. The largest absolute Gasteiger partial charge is 0.310 e. The van der Waals surface area contributed by atoms with Gasteiger partial charge in [0.2, 0.25) is 0 Å². The Bertz CT molecular complexity index is 396. The first-order valence-corrected chi connectivity index (χ1v) is 8.79. The fraction of sp³-hybridized carbons (Fsp3) is 0.700. The Kier molecular flexibility index (Phi) is 5.87. The van der Waals surface area contributed by atoms with E-state index in [2.05, 4.69) is 63.3 Å². The third-order valence-corrected chi connectivity index (χ3v) is 5.33. The Hall–Kier alpha value is -0.820. The highest BCUT2D eigenvalue weighted by molar-refractivity contribution is 5.18. The SMILES string of the molecule is CCC(NCC1CCC(C(C)(C)C)CC1)c1ccccc1. The molecule has 1 aliphatic rings. The fourth-order valence-electron chi connectivity index (χ4n) is 3.72. The maximum Gasteiger partial charge on any atom is 0.0317 e. The van der Waals surface area contributed by atoms with Gasteiger partial charge in [0, 0.05) is 6.04 Å². The molecule has 1 aromatic rings. The fourth-order valence-corrected chi connectivity index (χ4v) is 3.72. The summed E-state index contributed by atoms with van der Waals surface area (Å²) in [5.74, 6) is 1.80. The third-order valence-electron chi connectivity index (χ3n) is 5.33. The summed E-state index contributed by atoms with van der Waals surface area (Å²) in [4.78, 5) is 0. The first-order chi connectivity index (χ1) is 10.0. The lowest BCUT2D eigenvalue weighted by molar-refractivity contribution is 0.147. The van der Waals surface area contributed by atoms with Gasteiger partial charge in [-0.3, -0.25) is 0 Å². The molecule has 1 heteroatoms. The van der Waals surface area contributed by atoms with Gasteiger partial charge in [0.1, 0.15) is 0 Å². The summed E-state index contributed by atoms with van der Waals surface area (Å²) in [6.07, 6.45) is 6.80. The van der Waals surface area contributed by atoms with E-state index in [1.54, 1.807) is 0 Å². The van der Waals surface area contributed by atoms with Crippen LogP contribution in [0.1, 0.15) is 71.4 Å². The number of rotatable bonds is 5. The van der Waals surface area contributed by atoms with Crippen LogP contribution in [0.25, 0.3) is 0 Å². The lowest BCUT2D eigenvalue weighted by atomic mass is 9.70. The highest BCUT2D eigenvalue weighted by Crippen LogP contribution is 2.39. The van der Waals surface area contributed by atoms with Crippen molar-refractivity contribution in [2.75, 3.05) is 6.54 Å². The standard InChI is InChI=1S/C20H33N/c1-5-19(17-9-7-6-8-10-17)21-15-16-11-13-18(14-12-16)20(2,3)4/h6-10,16,18-19,21H,5,11-15H2,1-4H3. The molecule has 2 rings (SSSR count). The molecule has 1 unspecified atom stereocenters. The van der Waals surface area contributed by atoms with Crippen LogP contribution in [-0.4, -0.2) is 6.54 Å². The monoisotopic (exact) mass is 287 g/mol. The maximum atomic E-state index is 3.81. The molecule has 0 bridgehead atoms. The molecule has 0 saturated heterocycles. The van der Waals surface area contributed by atoms with Gasteiger partial charge in [0.15, 0.2) is 0 Å². The van der Waals surface area contributed by atoms with E-state index in [9.17, 15) is 0 Å². The molecule has 1 fully saturated rings. The van der Waals surface area contributed by atoms with Crippen molar-refractivity contribution in [1.29, 1.82) is 0 Å². The molecule has 0 radical (unpaired) electrons. The normalized spacial score (nSPS) is 24.8. The van der Waals surface area contributed by atoms with Crippen LogP contribution in [0.4, 0.5) is 0 Å². The minimum absolute atomic E-state index is 0.494. The van der Waals surface area contributed by atoms with Crippen molar-refractivity contribution in [3.8, 4) is 0 Å². The van der Waals surface area contributed by atoms with Gasteiger partial charge in [0.25, 0.3) is 0 Å². The molecule has 1 aliphatic carbocycles. The molecule has 21 heavy (non-hydrogen) atoms. The summed E-state index contributed by atoms with van der Waals surface area (Å²) >= 11 is 0. The molecule has 1 saturated carbocycles. The Morgan fingerprint density at radius 3 is 2.19 bits per heavy atom. The summed E-state index contributed by atoms with van der Waals surface area (Å²) < 4.78 is 0. The van der Waals surface area contributed by atoms with Crippen LogP contribution in [0, 0.1) is 17.3 Å². The average molecular weight is 287 g/mol. The molecular formula is C20H33N. The third kappa shape index (κ3) is 4.85. The molecule has 0 aliphatic heterocycles. The van der Waals surface area contributed by atoms with Crippen molar-refractivity contribution >= 4 is 0 Å². The first-order valence-electron chi connectivity index (χ1n) is 8.79. The maximum absolute atomic E-state index is 3.81. The van der Waals surface area contributed by atoms with Crippen LogP contribution in [0.3, 0.4) is 0 Å². The predicted octanol–water partition coefficient (Wildman–Crippen LogP) is 5.58. The quantitative estimate of drug-likeness (QED) is 0.745. The van der Waals surface area contributed by atoms with E-state index < -0.39 is 0 Å². The van der Waals surface area contributed by atoms with Crippen LogP contribution in [0.2, 0.25) is 0 Å². The van der Waals surface area contributed by atoms with Crippen LogP contribution >= 0.6 is 0 Å². The average Bonchev–Trinajstić information content (AvgIpc) is 2.48. The van der Waals surface area contributed by atoms with Crippen molar-refractivity contribution in [2.24, 2.45) is 17.3 Å². The number of hydrogen-bond donors (Lipinski definition) is 1. The minimum atomic E-state index is 0.494. The van der Waals surface area contributed by atoms with E-state index in [0.29, 0.717) is 11.5 Å². The highest BCUT2D eigenvalue weighted by Gasteiger charge is 2.29. The number of nitrogens with one attached hydrogen (secondary N) is 1. The molecule has 0 heterocycles. The molecule has 0 spiro atoms. The van der Waals surface area contributed by atoms with E-state index in [0.717, 1.165) is 11.8 Å². The summed E-state index contributed by atoms with van der Waals surface area (Å²) in [5.41, 5.74) is 1.93. The van der Waals surface area contributed by atoms with Gasteiger partial charge >= 0.3 is 0 Å². The van der Waals surface area contributed by atoms with E-state index in [4.69, 9.17) is 0 Å². The van der Waals surface area contributed by atoms with Gasteiger partial charge in [-0.25, -0.2) is 0 Å². The van der Waals surface area contributed by atoms with Crippen LogP contribution in [0.5, 0.6) is 0 Å². The predicted molar refractivity (Wildman–Crippen MR) is 92.4 cm³/mol. The second-order valence-corrected chi connectivity index (χ2v) is 7.86. The molecule has 0 amide bonds. The van der Waals surface area contributed by atoms with Crippen molar-refractivity contribution in [3.05, 3.63) is 35.9 Å². The van der Waals surface area contributed by atoms with Gasteiger partial charge in [-0.05, 0) is 61.5 Å². The van der Waals surface area contributed by atoms with Gasteiger partial charge in [-0.15, -0.1) is 0 Å². The zero-order chi connectivity index (χ0) is 15.3. The van der Waals surface area contributed by atoms with Crippen LogP contribution in [0.15, 0.2) is 30.3 Å². The van der Waals surface area contributed by atoms with Crippen molar-refractivity contribution in [1.82, 2.24) is 5.32 Å². The van der Waals surface area contributed by atoms with E-state index in [1.165, 1.54) is 44.2 Å². The first kappa shape index (κ1) is 16.5. The molecule has 1 atom stereocenters. The number of hydrogen-bond acceptors (Lipinski definition) is 1. The van der Waals surface area contributed by atoms with Crippen molar-refractivity contribution < 1.29 is 0 Å². The molecule has 0 aromatic heterocycles. The molecule has 1 N–H and O–H groups in total. The summed E-state index contributed by atoms with van der Waals surface area (Å²) in [5, 5.41) is 3.81. The molecule has 1 nitrogen and oxygen atoms in total. The van der Waals surface area contributed by atoms with Crippen molar-refractivity contribution in [3.63, 3.8) is 0 Å². The lowest BCUT2D eigenvalue weighted by Gasteiger charge is -2.37. The molecule has 1 aromatic carbocycles. The summed E-state index contributed by atoms with van der Waals surface area (Å²) in [7, 11) is 0. The van der Waals surface area contributed by atoms with Crippen molar-refractivity contribution in [2.45, 2.75) is 65.8 Å². The second kappa shape index (κ2) is 7.45. The van der Waals surface area contributed by atoms with Crippen LogP contribution < -0.4 is 5.32 Å². The number of benzene rings is 1. The topological polar surface area (TPSA) is 12.0 Å². The summed E-state index contributed by atoms with van der Waals surface area (Å²) in [6.45, 7) is 10.7. The van der Waals surface area contributed by atoms with Gasteiger partial charge in [-0.1, -0.05) is 58.0 Å². The van der Waals surface area contributed by atoms with E-state index >= 15 is 0 Å². The molecular weight excluding hydrogens is 254 g/mol. The smallest absolute Gasteiger partial charge is 0.0317 e.